The predicted molar refractivity (Wildman–Crippen MR) is 128 cm³/mol. The summed E-state index contributed by atoms with van der Waals surface area (Å²) in [6, 6.07) is 24.5. The van der Waals surface area contributed by atoms with E-state index in [1.54, 1.807) is 6.20 Å². The van der Waals surface area contributed by atoms with Gasteiger partial charge in [-0.15, -0.1) is 0 Å². The van der Waals surface area contributed by atoms with Crippen LogP contribution in [0.1, 0.15) is 28.8 Å². The van der Waals surface area contributed by atoms with Gasteiger partial charge in [0.25, 0.3) is 5.91 Å². The van der Waals surface area contributed by atoms with Crippen molar-refractivity contribution in [3.63, 3.8) is 0 Å². The van der Waals surface area contributed by atoms with Crippen molar-refractivity contribution in [1.29, 1.82) is 0 Å². The van der Waals surface area contributed by atoms with Gasteiger partial charge in [0.15, 0.2) is 0 Å². The van der Waals surface area contributed by atoms with E-state index in [0.29, 0.717) is 5.92 Å². The monoisotopic (exact) mass is 424 g/mol. The number of likely N-dealkylation sites (tertiary alicyclic amines) is 1. The van der Waals surface area contributed by atoms with Gasteiger partial charge in [0, 0.05) is 37.6 Å². The first kappa shape index (κ1) is 20.5. The number of aromatic nitrogens is 2. The third-order valence-electron chi connectivity index (χ3n) is 6.30. The van der Waals surface area contributed by atoms with Gasteiger partial charge in [-0.3, -0.25) is 9.69 Å². The Kier molecular flexibility index (Phi) is 5.99. The number of fused-ring (bicyclic) bond motifs is 1. The zero-order chi connectivity index (χ0) is 21.8. The highest BCUT2D eigenvalue weighted by molar-refractivity contribution is 6.06. The van der Waals surface area contributed by atoms with Gasteiger partial charge in [-0.25, -0.2) is 4.68 Å². The second kappa shape index (κ2) is 9.37. The van der Waals surface area contributed by atoms with E-state index in [1.165, 1.54) is 12.0 Å². The van der Waals surface area contributed by atoms with Crippen LogP contribution in [0.4, 0.5) is 0 Å². The van der Waals surface area contributed by atoms with Crippen molar-refractivity contribution in [2.75, 3.05) is 19.6 Å². The standard InChI is InChI=1S/C27H28N4O/c32-27(26-10-3-8-23-7-1-2-9-25(23)26)28-18-22-6-4-16-30(20-22)19-21-11-13-24(14-12-21)31-17-5-15-29-31/h1-3,5,7-15,17,22H,4,6,16,18-20H2,(H,28,32)/t22-/m1/s1. The Morgan fingerprint density at radius 2 is 1.84 bits per heavy atom. The Labute approximate surface area is 188 Å². The van der Waals surface area contributed by atoms with E-state index in [-0.39, 0.29) is 5.91 Å². The Hall–Kier alpha value is -3.44. The van der Waals surface area contributed by atoms with Gasteiger partial charge >= 0.3 is 0 Å². The number of carbonyl (C=O) groups is 1. The summed E-state index contributed by atoms with van der Waals surface area (Å²) in [5.74, 6) is 0.499. The van der Waals surface area contributed by atoms with Crippen LogP contribution in [0.2, 0.25) is 0 Å². The average Bonchev–Trinajstić information content (AvgIpc) is 3.38. The van der Waals surface area contributed by atoms with Gasteiger partial charge in [0.05, 0.1) is 5.69 Å². The first-order valence-corrected chi connectivity index (χ1v) is 11.3. The molecule has 5 heteroatoms. The summed E-state index contributed by atoms with van der Waals surface area (Å²) in [7, 11) is 0. The predicted octanol–water partition coefficient (Wildman–Crippen LogP) is 4.67. The van der Waals surface area contributed by atoms with E-state index >= 15 is 0 Å². The van der Waals surface area contributed by atoms with Crippen molar-refractivity contribution >= 4 is 16.7 Å². The lowest BCUT2D eigenvalue weighted by molar-refractivity contribution is 0.0932. The maximum absolute atomic E-state index is 12.9. The highest BCUT2D eigenvalue weighted by Gasteiger charge is 2.21. The van der Waals surface area contributed by atoms with Gasteiger partial charge in [-0.05, 0) is 65.9 Å². The molecule has 1 aliphatic heterocycles. The molecule has 1 N–H and O–H groups in total. The molecule has 32 heavy (non-hydrogen) atoms. The number of hydrogen-bond donors (Lipinski definition) is 1. The van der Waals surface area contributed by atoms with Crippen LogP contribution in [0.5, 0.6) is 0 Å². The quantitative estimate of drug-likeness (QED) is 0.489. The van der Waals surface area contributed by atoms with Crippen molar-refractivity contribution in [2.24, 2.45) is 5.92 Å². The van der Waals surface area contributed by atoms with Gasteiger partial charge in [-0.1, -0.05) is 48.5 Å². The summed E-state index contributed by atoms with van der Waals surface area (Å²) in [6.45, 7) is 3.77. The Balaban J connectivity index is 1.17. The SMILES string of the molecule is O=C(NC[C@H]1CCCN(Cc2ccc(-n3cccn3)cc2)C1)c1cccc2ccccc12. The van der Waals surface area contributed by atoms with E-state index in [9.17, 15) is 4.79 Å². The summed E-state index contributed by atoms with van der Waals surface area (Å²) in [4.78, 5) is 15.4. The fraction of sp³-hybridized carbons (Fsp3) is 0.259. The van der Waals surface area contributed by atoms with Crippen molar-refractivity contribution in [3.8, 4) is 5.69 Å². The maximum Gasteiger partial charge on any atom is 0.251 e. The molecule has 162 valence electrons. The van der Waals surface area contributed by atoms with Crippen LogP contribution in [0, 0.1) is 5.92 Å². The molecule has 0 radical (unpaired) electrons. The Morgan fingerprint density at radius 1 is 1.00 bits per heavy atom. The maximum atomic E-state index is 12.9. The van der Waals surface area contributed by atoms with Gasteiger partial charge in [-0.2, -0.15) is 5.10 Å². The zero-order valence-corrected chi connectivity index (χ0v) is 18.2. The highest BCUT2D eigenvalue weighted by Crippen LogP contribution is 2.21. The number of benzene rings is 3. The van der Waals surface area contributed by atoms with Crippen molar-refractivity contribution in [3.05, 3.63) is 96.3 Å². The summed E-state index contributed by atoms with van der Waals surface area (Å²) in [5, 5.41) is 9.59. The molecule has 0 unspecified atom stereocenters. The van der Waals surface area contributed by atoms with Crippen LogP contribution in [0.3, 0.4) is 0 Å². The summed E-state index contributed by atoms with van der Waals surface area (Å²) >= 11 is 0. The summed E-state index contributed by atoms with van der Waals surface area (Å²) in [5.41, 5.74) is 3.14. The number of rotatable bonds is 6. The van der Waals surface area contributed by atoms with E-state index in [4.69, 9.17) is 0 Å². The lowest BCUT2D eigenvalue weighted by Crippen LogP contribution is -2.40. The Bertz CT molecular complexity index is 1180. The fourth-order valence-corrected chi connectivity index (χ4v) is 4.65. The number of amides is 1. The molecule has 1 atom stereocenters. The van der Waals surface area contributed by atoms with Gasteiger partial charge < -0.3 is 5.32 Å². The lowest BCUT2D eigenvalue weighted by atomic mass is 9.97. The van der Waals surface area contributed by atoms with Crippen LogP contribution in [0.25, 0.3) is 16.5 Å². The molecule has 0 spiro atoms. The Morgan fingerprint density at radius 3 is 2.69 bits per heavy atom. The second-order valence-electron chi connectivity index (χ2n) is 8.60. The molecule has 1 aromatic heterocycles. The molecule has 1 saturated heterocycles. The normalized spacial score (nSPS) is 16.8. The minimum absolute atomic E-state index is 0.0214. The molecule has 5 nitrogen and oxygen atoms in total. The van der Waals surface area contributed by atoms with Crippen molar-refractivity contribution in [1.82, 2.24) is 20.0 Å². The van der Waals surface area contributed by atoms with Crippen molar-refractivity contribution in [2.45, 2.75) is 19.4 Å². The third kappa shape index (κ3) is 4.58. The van der Waals surface area contributed by atoms with Crippen LogP contribution in [-0.2, 0) is 6.54 Å². The molecule has 1 aliphatic rings. The van der Waals surface area contributed by atoms with E-state index in [1.807, 2.05) is 59.4 Å². The largest absolute Gasteiger partial charge is 0.352 e. The highest BCUT2D eigenvalue weighted by atomic mass is 16.1. The topological polar surface area (TPSA) is 50.2 Å². The molecular formula is C27H28N4O. The number of nitrogens with one attached hydrogen (secondary N) is 1. The van der Waals surface area contributed by atoms with Crippen LogP contribution in [-0.4, -0.2) is 40.2 Å². The second-order valence-corrected chi connectivity index (χ2v) is 8.60. The first-order valence-electron chi connectivity index (χ1n) is 11.3. The zero-order valence-electron chi connectivity index (χ0n) is 18.2. The summed E-state index contributed by atoms with van der Waals surface area (Å²) < 4.78 is 1.87. The van der Waals surface area contributed by atoms with Crippen LogP contribution >= 0.6 is 0 Å². The van der Waals surface area contributed by atoms with E-state index in [2.05, 4.69) is 39.6 Å². The summed E-state index contributed by atoms with van der Waals surface area (Å²) in [6.07, 6.45) is 6.07. The lowest BCUT2D eigenvalue weighted by Gasteiger charge is -2.33. The van der Waals surface area contributed by atoms with Crippen LogP contribution in [0.15, 0.2) is 85.2 Å². The third-order valence-corrected chi connectivity index (χ3v) is 6.30. The van der Waals surface area contributed by atoms with E-state index in [0.717, 1.165) is 54.6 Å². The van der Waals surface area contributed by atoms with Gasteiger partial charge in [0.1, 0.15) is 0 Å². The van der Waals surface area contributed by atoms with E-state index < -0.39 is 0 Å². The fourth-order valence-electron chi connectivity index (χ4n) is 4.65. The molecule has 3 aromatic carbocycles. The number of piperidine rings is 1. The molecule has 0 saturated carbocycles. The molecule has 0 aliphatic carbocycles. The van der Waals surface area contributed by atoms with Crippen molar-refractivity contribution < 1.29 is 4.79 Å². The van der Waals surface area contributed by atoms with Crippen LogP contribution < -0.4 is 5.32 Å². The molecule has 1 amide bonds. The molecule has 1 fully saturated rings. The number of carbonyl (C=O) groups excluding carboxylic acids is 1. The minimum atomic E-state index is 0.0214. The number of nitrogens with zero attached hydrogens (tertiary/aromatic N) is 3. The van der Waals surface area contributed by atoms with Gasteiger partial charge in [0.2, 0.25) is 0 Å². The molecule has 0 bridgehead atoms. The smallest absolute Gasteiger partial charge is 0.251 e. The molecule has 4 aromatic rings. The molecular weight excluding hydrogens is 396 g/mol. The minimum Gasteiger partial charge on any atom is -0.352 e. The first-order chi connectivity index (χ1) is 15.8. The number of hydrogen-bond acceptors (Lipinski definition) is 3. The molecule has 5 rings (SSSR count). The average molecular weight is 425 g/mol. The molecule has 2 heterocycles.